The van der Waals surface area contributed by atoms with Crippen molar-refractivity contribution in [3.63, 3.8) is 0 Å². The number of carbonyl (C=O) groups is 1. The zero-order valence-corrected chi connectivity index (χ0v) is 12.6. The summed E-state index contributed by atoms with van der Waals surface area (Å²) in [5.74, 6) is 0.637. The summed E-state index contributed by atoms with van der Waals surface area (Å²) in [5.41, 5.74) is 6.15. The highest BCUT2D eigenvalue weighted by molar-refractivity contribution is 5.98. The van der Waals surface area contributed by atoms with E-state index in [4.69, 9.17) is 15.2 Å². The molecule has 0 saturated heterocycles. The number of anilines is 1. The van der Waals surface area contributed by atoms with Crippen LogP contribution in [0.25, 0.3) is 0 Å². The Balaban J connectivity index is 1.90. The summed E-state index contributed by atoms with van der Waals surface area (Å²) >= 11 is 0. The number of methoxy groups -OCH3 is 1. The molecule has 1 aliphatic rings. The lowest BCUT2D eigenvalue weighted by molar-refractivity contribution is -0.121. The fourth-order valence-corrected chi connectivity index (χ4v) is 2.55. The maximum absolute atomic E-state index is 12.3. The molecule has 0 heterocycles. The van der Waals surface area contributed by atoms with E-state index < -0.39 is 5.54 Å². The van der Waals surface area contributed by atoms with E-state index >= 15 is 0 Å². The van der Waals surface area contributed by atoms with Crippen LogP contribution in [0, 0.1) is 0 Å². The largest absolute Gasteiger partial charge is 0.493 e. The molecule has 0 bridgehead atoms. The molecule has 0 aliphatic heterocycles. The van der Waals surface area contributed by atoms with Crippen LogP contribution in [0.5, 0.6) is 5.75 Å². The number of hydrogen-bond acceptors (Lipinski definition) is 4. The van der Waals surface area contributed by atoms with E-state index in [1.165, 1.54) is 0 Å². The summed E-state index contributed by atoms with van der Waals surface area (Å²) in [7, 11) is 1.67. The van der Waals surface area contributed by atoms with E-state index in [9.17, 15) is 4.79 Å². The predicted octanol–water partition coefficient (Wildman–Crippen LogP) is 2.31. The minimum atomic E-state index is -0.713. The number of nitrogens with two attached hydrogens (primary N) is 1. The molecule has 0 radical (unpaired) electrons. The van der Waals surface area contributed by atoms with Crippen molar-refractivity contribution < 1.29 is 14.3 Å². The zero-order valence-electron chi connectivity index (χ0n) is 12.6. The van der Waals surface area contributed by atoms with Gasteiger partial charge in [0.25, 0.3) is 0 Å². The third-order valence-corrected chi connectivity index (χ3v) is 3.80. The number of ether oxygens (including phenoxy) is 2. The van der Waals surface area contributed by atoms with Gasteiger partial charge in [0.1, 0.15) is 5.75 Å². The highest BCUT2D eigenvalue weighted by Crippen LogP contribution is 2.28. The van der Waals surface area contributed by atoms with Gasteiger partial charge in [0.05, 0.1) is 12.1 Å². The second-order valence-corrected chi connectivity index (χ2v) is 5.54. The standard InChI is InChI=1S/C16H24N2O3/c1-20-10-5-11-21-14-7-4-6-13(12-14)18-15(19)16(17)8-2-3-9-16/h4,6-7,12H,2-3,5,8-11,17H2,1H3,(H,18,19). The van der Waals surface area contributed by atoms with Gasteiger partial charge in [0, 0.05) is 31.9 Å². The third-order valence-electron chi connectivity index (χ3n) is 3.80. The quantitative estimate of drug-likeness (QED) is 0.756. The van der Waals surface area contributed by atoms with Crippen LogP contribution in [-0.4, -0.2) is 31.8 Å². The van der Waals surface area contributed by atoms with Gasteiger partial charge in [0.15, 0.2) is 0 Å². The summed E-state index contributed by atoms with van der Waals surface area (Å²) in [5, 5.41) is 2.90. The maximum atomic E-state index is 12.3. The number of benzene rings is 1. The van der Waals surface area contributed by atoms with Crippen molar-refractivity contribution in [2.45, 2.75) is 37.6 Å². The Bertz CT molecular complexity index is 470. The Morgan fingerprint density at radius 2 is 2.10 bits per heavy atom. The van der Waals surface area contributed by atoms with Gasteiger partial charge in [-0.3, -0.25) is 4.79 Å². The first-order valence-corrected chi connectivity index (χ1v) is 7.46. The second kappa shape index (κ2) is 7.43. The molecule has 1 aromatic carbocycles. The molecule has 0 atom stereocenters. The van der Waals surface area contributed by atoms with Crippen LogP contribution in [0.3, 0.4) is 0 Å². The Kier molecular flexibility index (Phi) is 5.59. The highest BCUT2D eigenvalue weighted by Gasteiger charge is 2.36. The number of nitrogens with one attached hydrogen (secondary N) is 1. The van der Waals surface area contributed by atoms with Gasteiger partial charge in [-0.25, -0.2) is 0 Å². The average molecular weight is 292 g/mol. The van der Waals surface area contributed by atoms with E-state index in [2.05, 4.69) is 5.32 Å². The molecule has 1 aromatic rings. The lowest BCUT2D eigenvalue weighted by Crippen LogP contribution is -2.48. The number of amides is 1. The fourth-order valence-electron chi connectivity index (χ4n) is 2.55. The van der Waals surface area contributed by atoms with Gasteiger partial charge in [0.2, 0.25) is 5.91 Å². The molecular formula is C16H24N2O3. The van der Waals surface area contributed by atoms with Gasteiger partial charge in [-0.1, -0.05) is 18.9 Å². The molecule has 5 heteroatoms. The van der Waals surface area contributed by atoms with Crippen molar-refractivity contribution in [3.05, 3.63) is 24.3 Å². The van der Waals surface area contributed by atoms with E-state index in [0.717, 1.165) is 43.5 Å². The van der Waals surface area contributed by atoms with Crippen LogP contribution < -0.4 is 15.8 Å². The summed E-state index contributed by atoms with van der Waals surface area (Å²) in [6.07, 6.45) is 4.39. The second-order valence-electron chi connectivity index (χ2n) is 5.54. The Morgan fingerprint density at radius 1 is 1.33 bits per heavy atom. The molecule has 3 N–H and O–H groups in total. The number of hydrogen-bond donors (Lipinski definition) is 2. The topological polar surface area (TPSA) is 73.6 Å². The fraction of sp³-hybridized carbons (Fsp3) is 0.562. The summed E-state index contributed by atoms with van der Waals surface area (Å²) in [4.78, 5) is 12.3. The molecule has 116 valence electrons. The van der Waals surface area contributed by atoms with Crippen molar-refractivity contribution >= 4 is 11.6 Å². The van der Waals surface area contributed by atoms with Gasteiger partial charge in [-0.2, -0.15) is 0 Å². The van der Waals surface area contributed by atoms with Crippen LogP contribution >= 0.6 is 0 Å². The van der Waals surface area contributed by atoms with Gasteiger partial charge >= 0.3 is 0 Å². The lowest BCUT2D eigenvalue weighted by Gasteiger charge is -2.22. The Morgan fingerprint density at radius 3 is 2.81 bits per heavy atom. The molecule has 0 aromatic heterocycles. The molecule has 21 heavy (non-hydrogen) atoms. The molecule has 0 spiro atoms. The molecule has 1 saturated carbocycles. The minimum absolute atomic E-state index is 0.100. The van der Waals surface area contributed by atoms with Crippen molar-refractivity contribution in [1.29, 1.82) is 0 Å². The van der Waals surface area contributed by atoms with E-state index in [1.807, 2.05) is 24.3 Å². The van der Waals surface area contributed by atoms with Crippen LogP contribution in [-0.2, 0) is 9.53 Å². The van der Waals surface area contributed by atoms with Crippen molar-refractivity contribution in [2.75, 3.05) is 25.6 Å². The molecule has 2 rings (SSSR count). The van der Waals surface area contributed by atoms with E-state index in [0.29, 0.717) is 13.2 Å². The van der Waals surface area contributed by atoms with Crippen LogP contribution in [0.15, 0.2) is 24.3 Å². The highest BCUT2D eigenvalue weighted by atomic mass is 16.5. The van der Waals surface area contributed by atoms with Gasteiger partial charge < -0.3 is 20.5 Å². The first-order valence-electron chi connectivity index (χ1n) is 7.46. The Labute approximate surface area is 125 Å². The molecule has 0 unspecified atom stereocenters. The SMILES string of the molecule is COCCCOc1cccc(NC(=O)C2(N)CCCC2)c1. The summed E-state index contributed by atoms with van der Waals surface area (Å²) < 4.78 is 10.6. The monoisotopic (exact) mass is 292 g/mol. The van der Waals surface area contributed by atoms with Crippen LogP contribution in [0.2, 0.25) is 0 Å². The maximum Gasteiger partial charge on any atom is 0.244 e. The molecule has 1 aliphatic carbocycles. The molecule has 1 fully saturated rings. The lowest BCUT2D eigenvalue weighted by atomic mass is 9.98. The normalized spacial score (nSPS) is 16.7. The zero-order chi connectivity index (χ0) is 15.1. The van der Waals surface area contributed by atoms with Crippen molar-refractivity contribution in [2.24, 2.45) is 5.73 Å². The van der Waals surface area contributed by atoms with Crippen molar-refractivity contribution in [1.82, 2.24) is 0 Å². The first kappa shape index (κ1) is 15.8. The van der Waals surface area contributed by atoms with Gasteiger partial charge in [-0.15, -0.1) is 0 Å². The predicted molar refractivity (Wildman–Crippen MR) is 82.4 cm³/mol. The van der Waals surface area contributed by atoms with Gasteiger partial charge in [-0.05, 0) is 25.0 Å². The summed E-state index contributed by atoms with van der Waals surface area (Å²) in [6, 6.07) is 7.40. The first-order chi connectivity index (χ1) is 10.1. The van der Waals surface area contributed by atoms with E-state index in [-0.39, 0.29) is 5.91 Å². The van der Waals surface area contributed by atoms with E-state index in [1.54, 1.807) is 7.11 Å². The number of carbonyl (C=O) groups excluding carboxylic acids is 1. The van der Waals surface area contributed by atoms with Crippen molar-refractivity contribution in [3.8, 4) is 5.75 Å². The molecular weight excluding hydrogens is 268 g/mol. The molecule has 1 amide bonds. The van der Waals surface area contributed by atoms with Crippen LogP contribution in [0.4, 0.5) is 5.69 Å². The number of rotatable bonds is 7. The smallest absolute Gasteiger partial charge is 0.244 e. The van der Waals surface area contributed by atoms with Crippen LogP contribution in [0.1, 0.15) is 32.1 Å². The third kappa shape index (κ3) is 4.44. The minimum Gasteiger partial charge on any atom is -0.493 e. The molecule has 5 nitrogen and oxygen atoms in total. The summed E-state index contributed by atoms with van der Waals surface area (Å²) in [6.45, 7) is 1.26. The Hall–Kier alpha value is -1.59. The average Bonchev–Trinajstić information content (AvgIpc) is 2.92.